The van der Waals surface area contributed by atoms with Gasteiger partial charge in [-0.05, 0) is 54.4 Å². The Morgan fingerprint density at radius 3 is 2.48 bits per heavy atom. The van der Waals surface area contributed by atoms with E-state index in [1.807, 2.05) is 25.1 Å². The third-order valence-electron chi connectivity index (χ3n) is 5.57. The summed E-state index contributed by atoms with van der Waals surface area (Å²) in [7, 11) is 1.56. The minimum absolute atomic E-state index is 0.00630. The van der Waals surface area contributed by atoms with E-state index in [1.54, 1.807) is 43.5 Å². The Morgan fingerprint density at radius 2 is 1.79 bits per heavy atom. The number of aliphatic hydroxyl groups is 1. The van der Waals surface area contributed by atoms with Crippen molar-refractivity contribution >= 4 is 44.1 Å². The van der Waals surface area contributed by atoms with Crippen molar-refractivity contribution in [3.63, 3.8) is 0 Å². The molecule has 0 spiro atoms. The highest BCUT2D eigenvalue weighted by molar-refractivity contribution is 7.22. The molecule has 1 fully saturated rings. The summed E-state index contributed by atoms with van der Waals surface area (Å²) in [6, 6.07) is 15.2. The van der Waals surface area contributed by atoms with Crippen molar-refractivity contribution in [3.05, 3.63) is 89.3 Å². The lowest BCUT2D eigenvalue weighted by atomic mass is 9.95. The largest absolute Gasteiger partial charge is 0.507 e. The van der Waals surface area contributed by atoms with Crippen LogP contribution in [0.5, 0.6) is 5.75 Å². The minimum atomic E-state index is -0.842. The number of methoxy groups -OCH3 is 1. The van der Waals surface area contributed by atoms with Gasteiger partial charge in [-0.15, -0.1) is 0 Å². The van der Waals surface area contributed by atoms with Gasteiger partial charge >= 0.3 is 5.91 Å². The highest BCUT2D eigenvalue weighted by Crippen LogP contribution is 2.44. The minimum Gasteiger partial charge on any atom is -0.507 e. The summed E-state index contributed by atoms with van der Waals surface area (Å²) in [4.78, 5) is 36.4. The lowest BCUT2D eigenvalue weighted by Crippen LogP contribution is -2.29. The van der Waals surface area contributed by atoms with Crippen molar-refractivity contribution in [1.29, 1.82) is 0 Å². The van der Waals surface area contributed by atoms with Gasteiger partial charge in [0.1, 0.15) is 11.5 Å². The molecule has 1 aliphatic rings. The van der Waals surface area contributed by atoms with Crippen LogP contribution in [0.25, 0.3) is 16.0 Å². The fourth-order valence-electron chi connectivity index (χ4n) is 3.92. The number of anilines is 1. The number of hydrogen-bond acceptors (Lipinski definition) is 7. The Bertz CT molecular complexity index is 1410. The Kier molecular flexibility index (Phi) is 5.14. The number of thiazole rings is 1. The molecule has 164 valence electrons. The second kappa shape index (κ2) is 8.14. The van der Waals surface area contributed by atoms with E-state index in [9.17, 15) is 14.7 Å². The summed E-state index contributed by atoms with van der Waals surface area (Å²) in [6.07, 6.45) is 3.03. The standard InChI is InChI=1S/C25H19N3O4S/c1-14-3-8-18-19(13-14)33-25(27-18)28-21(15-4-6-17(32-2)7-5-15)20(23(30)24(28)31)22(29)16-9-11-26-12-10-16/h3-13,21,29H,1-2H3/b22-20+. The number of ketones is 1. The molecule has 33 heavy (non-hydrogen) atoms. The van der Waals surface area contributed by atoms with E-state index >= 15 is 0 Å². The predicted octanol–water partition coefficient (Wildman–Crippen LogP) is 4.63. The number of rotatable bonds is 4. The lowest BCUT2D eigenvalue weighted by molar-refractivity contribution is -0.132. The fourth-order valence-corrected chi connectivity index (χ4v) is 5.01. The number of amides is 1. The molecule has 0 radical (unpaired) electrons. The molecule has 0 bridgehead atoms. The monoisotopic (exact) mass is 457 g/mol. The van der Waals surface area contributed by atoms with Crippen LogP contribution in [0.15, 0.2) is 72.6 Å². The second-order valence-corrected chi connectivity index (χ2v) is 8.65. The van der Waals surface area contributed by atoms with Crippen LogP contribution < -0.4 is 9.64 Å². The molecule has 7 nitrogen and oxygen atoms in total. The second-order valence-electron chi connectivity index (χ2n) is 7.65. The Hall–Kier alpha value is -4.04. The summed E-state index contributed by atoms with van der Waals surface area (Å²) < 4.78 is 6.17. The quantitative estimate of drug-likeness (QED) is 0.273. The molecule has 8 heteroatoms. The van der Waals surface area contributed by atoms with Gasteiger partial charge in [-0.2, -0.15) is 0 Å². The Labute approximate surface area is 193 Å². The van der Waals surface area contributed by atoms with Gasteiger partial charge < -0.3 is 9.84 Å². The molecule has 1 N–H and O–H groups in total. The van der Waals surface area contributed by atoms with Crippen molar-refractivity contribution in [1.82, 2.24) is 9.97 Å². The molecule has 1 aliphatic heterocycles. The maximum atomic E-state index is 13.3. The molecule has 3 heterocycles. The molecule has 1 saturated heterocycles. The molecular weight excluding hydrogens is 438 g/mol. The zero-order chi connectivity index (χ0) is 23.1. The van der Waals surface area contributed by atoms with Crippen molar-refractivity contribution in [2.45, 2.75) is 13.0 Å². The number of aryl methyl sites for hydroxylation is 1. The summed E-state index contributed by atoms with van der Waals surface area (Å²) in [5.41, 5.74) is 2.88. The van der Waals surface area contributed by atoms with E-state index < -0.39 is 17.7 Å². The molecule has 5 rings (SSSR count). The lowest BCUT2D eigenvalue weighted by Gasteiger charge is -2.23. The van der Waals surface area contributed by atoms with E-state index in [0.29, 0.717) is 22.0 Å². The highest BCUT2D eigenvalue weighted by atomic mass is 32.1. The Balaban J connectivity index is 1.72. The molecule has 0 saturated carbocycles. The SMILES string of the molecule is COc1ccc(C2/C(=C(\O)c3ccncc3)C(=O)C(=O)N2c2nc3ccc(C)cc3s2)cc1. The predicted molar refractivity (Wildman–Crippen MR) is 126 cm³/mol. The third-order valence-corrected chi connectivity index (χ3v) is 6.59. The van der Waals surface area contributed by atoms with Gasteiger partial charge in [0.05, 0.1) is 28.9 Å². The molecule has 2 aromatic carbocycles. The van der Waals surface area contributed by atoms with Crippen LogP contribution in [-0.2, 0) is 9.59 Å². The van der Waals surface area contributed by atoms with Crippen LogP contribution in [0, 0.1) is 6.92 Å². The normalized spacial score (nSPS) is 17.6. The maximum absolute atomic E-state index is 13.3. The number of benzene rings is 2. The third kappa shape index (κ3) is 3.54. The average molecular weight is 458 g/mol. The van der Waals surface area contributed by atoms with Gasteiger partial charge in [-0.3, -0.25) is 19.5 Å². The topological polar surface area (TPSA) is 92.6 Å². The van der Waals surface area contributed by atoms with Gasteiger partial charge in [0.15, 0.2) is 5.13 Å². The first-order chi connectivity index (χ1) is 16.0. The number of carbonyl (C=O) groups is 2. The first-order valence-corrected chi connectivity index (χ1v) is 11.0. The first kappa shape index (κ1) is 20.8. The maximum Gasteiger partial charge on any atom is 0.301 e. The van der Waals surface area contributed by atoms with Crippen molar-refractivity contribution in [2.75, 3.05) is 12.0 Å². The number of aliphatic hydroxyl groups excluding tert-OH is 1. The highest BCUT2D eigenvalue weighted by Gasteiger charge is 2.48. The Morgan fingerprint density at radius 1 is 1.06 bits per heavy atom. The summed E-state index contributed by atoms with van der Waals surface area (Å²) >= 11 is 1.33. The number of carbonyl (C=O) groups excluding carboxylic acids is 2. The van der Waals surface area contributed by atoms with E-state index in [-0.39, 0.29) is 11.3 Å². The summed E-state index contributed by atoms with van der Waals surface area (Å²) in [6.45, 7) is 1.98. The summed E-state index contributed by atoms with van der Waals surface area (Å²) in [5, 5.41) is 11.5. The van der Waals surface area contributed by atoms with Gasteiger partial charge in [-0.25, -0.2) is 4.98 Å². The molecule has 0 aliphatic carbocycles. The average Bonchev–Trinajstić information content (AvgIpc) is 3.37. The number of nitrogens with zero attached hydrogens (tertiary/aromatic N) is 3. The number of fused-ring (bicyclic) bond motifs is 1. The number of aromatic nitrogens is 2. The van der Waals surface area contributed by atoms with E-state index in [4.69, 9.17) is 4.74 Å². The van der Waals surface area contributed by atoms with Gasteiger partial charge in [0.25, 0.3) is 5.78 Å². The van der Waals surface area contributed by atoms with Crippen LogP contribution in [-0.4, -0.2) is 33.9 Å². The molecule has 4 aromatic rings. The number of hydrogen-bond donors (Lipinski definition) is 1. The van der Waals surface area contributed by atoms with E-state index in [2.05, 4.69) is 9.97 Å². The van der Waals surface area contributed by atoms with Gasteiger partial charge in [0, 0.05) is 18.0 Å². The van der Waals surface area contributed by atoms with Crippen LogP contribution in [0.2, 0.25) is 0 Å². The molecule has 1 amide bonds. The fraction of sp³-hybridized carbons (Fsp3) is 0.120. The van der Waals surface area contributed by atoms with Gasteiger partial charge in [0.2, 0.25) is 0 Å². The van der Waals surface area contributed by atoms with Crippen LogP contribution in [0.4, 0.5) is 5.13 Å². The first-order valence-electron chi connectivity index (χ1n) is 10.2. The van der Waals surface area contributed by atoms with Crippen LogP contribution >= 0.6 is 11.3 Å². The molecule has 2 aromatic heterocycles. The van der Waals surface area contributed by atoms with Crippen LogP contribution in [0.1, 0.15) is 22.7 Å². The number of pyridine rings is 1. The zero-order valence-electron chi connectivity index (χ0n) is 17.9. The molecule has 1 unspecified atom stereocenters. The van der Waals surface area contributed by atoms with Crippen molar-refractivity contribution in [2.24, 2.45) is 0 Å². The van der Waals surface area contributed by atoms with Gasteiger partial charge in [-0.1, -0.05) is 29.5 Å². The smallest absolute Gasteiger partial charge is 0.301 e. The van der Waals surface area contributed by atoms with Crippen molar-refractivity contribution < 1.29 is 19.4 Å². The summed E-state index contributed by atoms with van der Waals surface area (Å²) in [5.74, 6) is -1.11. The molecule has 1 atom stereocenters. The van der Waals surface area contributed by atoms with Crippen LogP contribution in [0.3, 0.4) is 0 Å². The van der Waals surface area contributed by atoms with Crippen molar-refractivity contribution in [3.8, 4) is 5.75 Å². The zero-order valence-corrected chi connectivity index (χ0v) is 18.7. The number of Topliss-reactive ketones (excluding diaryl/α,β-unsaturated/α-hetero) is 1. The van der Waals surface area contributed by atoms with E-state index in [1.165, 1.54) is 28.6 Å². The number of ether oxygens (including phenoxy) is 1. The molecular formula is C25H19N3O4S. The van der Waals surface area contributed by atoms with E-state index in [0.717, 1.165) is 15.8 Å².